The molecule has 1 aromatic carbocycles. The van der Waals surface area contributed by atoms with Gasteiger partial charge >= 0.3 is 5.97 Å². The van der Waals surface area contributed by atoms with E-state index in [9.17, 15) is 15.0 Å². The van der Waals surface area contributed by atoms with Crippen molar-refractivity contribution in [1.29, 1.82) is 0 Å². The molecule has 1 saturated carbocycles. The number of carboxylic acid groups (broad SMARTS) is 1. The first-order chi connectivity index (χ1) is 9.56. The monoisotopic (exact) mass is 298 g/mol. The maximum atomic E-state index is 11.7. The Hall–Kier alpha value is -1.62. The van der Waals surface area contributed by atoms with Gasteiger partial charge in [-0.15, -0.1) is 0 Å². The second-order valence-corrected chi connectivity index (χ2v) is 5.61. The molecule has 0 saturated heterocycles. The van der Waals surface area contributed by atoms with Gasteiger partial charge in [-0.2, -0.15) is 0 Å². The van der Waals surface area contributed by atoms with Crippen molar-refractivity contribution in [2.24, 2.45) is 0 Å². The molecule has 1 aromatic rings. The first-order valence-electron chi connectivity index (χ1n) is 6.61. The summed E-state index contributed by atoms with van der Waals surface area (Å²) >= 11 is 6.02. The topological polar surface area (TPSA) is 76.0 Å². The van der Waals surface area contributed by atoms with Crippen LogP contribution in [-0.2, 0) is 10.2 Å². The summed E-state index contributed by atoms with van der Waals surface area (Å²) in [5.74, 6) is -0.436. The van der Waals surface area contributed by atoms with Crippen molar-refractivity contribution in [1.82, 2.24) is 0 Å². The summed E-state index contributed by atoms with van der Waals surface area (Å²) in [5.41, 5.74) is -0.854. The first-order valence-corrected chi connectivity index (χ1v) is 6.99. The molecule has 3 rings (SSSR count). The van der Waals surface area contributed by atoms with Gasteiger partial charge < -0.3 is 19.7 Å². The largest absolute Gasteiger partial charge is 0.506 e. The predicted octanol–water partition coefficient (Wildman–Crippen LogP) is 2.71. The van der Waals surface area contributed by atoms with Crippen molar-refractivity contribution in [2.75, 3.05) is 13.2 Å². The smallest absolute Gasteiger partial charge is 0.314 e. The van der Waals surface area contributed by atoms with Crippen LogP contribution in [-0.4, -0.2) is 29.4 Å². The molecule has 0 bridgehead atoms. The Balaban J connectivity index is 2.23. The number of phenolic OH excluding ortho intramolecular Hbond substituents is 1. The van der Waals surface area contributed by atoms with Crippen molar-refractivity contribution in [3.8, 4) is 17.2 Å². The maximum Gasteiger partial charge on any atom is 0.314 e. The van der Waals surface area contributed by atoms with Crippen LogP contribution in [0.3, 0.4) is 0 Å². The van der Waals surface area contributed by atoms with Crippen molar-refractivity contribution >= 4 is 17.6 Å². The molecule has 0 atom stereocenters. The lowest BCUT2D eigenvalue weighted by Crippen LogP contribution is -2.42. The number of carboxylic acids is 1. The van der Waals surface area contributed by atoms with Gasteiger partial charge in [0, 0.05) is 12.5 Å². The number of rotatable bonds is 2. The van der Waals surface area contributed by atoms with Crippen molar-refractivity contribution in [3.05, 3.63) is 16.7 Å². The third kappa shape index (κ3) is 1.80. The van der Waals surface area contributed by atoms with Gasteiger partial charge in [-0.05, 0) is 12.8 Å². The van der Waals surface area contributed by atoms with Crippen LogP contribution in [0.1, 0.15) is 31.2 Å². The first kappa shape index (κ1) is 13.4. The fraction of sp³-hybridized carbons (Fsp3) is 0.500. The van der Waals surface area contributed by atoms with Gasteiger partial charge in [0.15, 0.2) is 11.5 Å². The average Bonchev–Trinajstić information content (AvgIpc) is 2.57. The molecule has 20 heavy (non-hydrogen) atoms. The summed E-state index contributed by atoms with van der Waals surface area (Å²) in [6.45, 7) is 0.907. The molecule has 1 fully saturated rings. The highest BCUT2D eigenvalue weighted by atomic mass is 35.5. The Kier molecular flexibility index (Phi) is 3.17. The van der Waals surface area contributed by atoms with E-state index in [2.05, 4.69) is 0 Å². The van der Waals surface area contributed by atoms with E-state index in [0.29, 0.717) is 44.0 Å². The van der Waals surface area contributed by atoms with Gasteiger partial charge in [-0.25, -0.2) is 0 Å². The standard InChI is InChI=1S/C14H15ClO5/c15-8-7-9-12(20-6-2-5-19-9)10(11(8)16)14(13(17)18)3-1-4-14/h7,16H,1-6H2,(H,17,18). The summed E-state index contributed by atoms with van der Waals surface area (Å²) < 4.78 is 11.2. The average molecular weight is 299 g/mol. The number of aliphatic carboxylic acids is 1. The molecular weight excluding hydrogens is 284 g/mol. The fourth-order valence-electron chi connectivity index (χ4n) is 2.81. The zero-order valence-corrected chi connectivity index (χ0v) is 11.6. The number of carbonyl (C=O) groups is 1. The minimum atomic E-state index is -1.12. The quantitative estimate of drug-likeness (QED) is 0.878. The Morgan fingerprint density at radius 1 is 1.25 bits per heavy atom. The van der Waals surface area contributed by atoms with Crippen LogP contribution in [0.5, 0.6) is 17.2 Å². The van der Waals surface area contributed by atoms with Crippen LogP contribution in [0.4, 0.5) is 0 Å². The van der Waals surface area contributed by atoms with E-state index in [0.717, 1.165) is 6.42 Å². The highest BCUT2D eigenvalue weighted by Crippen LogP contribution is 2.55. The third-order valence-electron chi connectivity index (χ3n) is 4.06. The Morgan fingerprint density at radius 2 is 1.95 bits per heavy atom. The van der Waals surface area contributed by atoms with Gasteiger partial charge in [0.2, 0.25) is 0 Å². The number of hydrogen-bond donors (Lipinski definition) is 2. The van der Waals surface area contributed by atoms with Gasteiger partial charge in [0.05, 0.1) is 23.8 Å². The molecule has 0 spiro atoms. The highest BCUT2D eigenvalue weighted by molar-refractivity contribution is 6.32. The maximum absolute atomic E-state index is 11.7. The Labute approximate surface area is 121 Å². The number of ether oxygens (including phenoxy) is 2. The van der Waals surface area contributed by atoms with E-state index < -0.39 is 11.4 Å². The SMILES string of the molecule is O=C(O)C1(c2c(O)c(Cl)cc3c2OCCCO3)CCC1. The van der Waals surface area contributed by atoms with E-state index in [-0.39, 0.29) is 16.3 Å². The zero-order valence-electron chi connectivity index (χ0n) is 10.8. The molecule has 5 nitrogen and oxygen atoms in total. The molecule has 108 valence electrons. The van der Waals surface area contributed by atoms with Crippen LogP contribution in [0.15, 0.2) is 6.07 Å². The lowest BCUT2D eigenvalue weighted by Gasteiger charge is -2.39. The molecule has 6 heteroatoms. The number of aromatic hydroxyl groups is 1. The molecular formula is C14H15ClO5. The number of fused-ring (bicyclic) bond motifs is 1. The highest BCUT2D eigenvalue weighted by Gasteiger charge is 2.50. The van der Waals surface area contributed by atoms with Crippen LogP contribution in [0.2, 0.25) is 5.02 Å². The van der Waals surface area contributed by atoms with Crippen molar-refractivity contribution in [3.63, 3.8) is 0 Å². The summed E-state index contributed by atoms with van der Waals surface area (Å²) in [6.07, 6.45) is 2.43. The van der Waals surface area contributed by atoms with Gasteiger partial charge in [-0.1, -0.05) is 18.0 Å². The summed E-state index contributed by atoms with van der Waals surface area (Å²) in [5, 5.41) is 19.9. The molecule has 1 aliphatic carbocycles. The molecule has 0 amide bonds. The molecule has 0 unspecified atom stereocenters. The minimum Gasteiger partial charge on any atom is -0.506 e. The van der Waals surface area contributed by atoms with E-state index in [4.69, 9.17) is 21.1 Å². The Morgan fingerprint density at radius 3 is 2.55 bits per heavy atom. The summed E-state index contributed by atoms with van der Waals surface area (Å²) in [7, 11) is 0. The normalized spacial score (nSPS) is 19.9. The van der Waals surface area contributed by atoms with Crippen molar-refractivity contribution in [2.45, 2.75) is 31.1 Å². The van der Waals surface area contributed by atoms with Crippen LogP contribution < -0.4 is 9.47 Å². The van der Waals surface area contributed by atoms with Crippen LogP contribution in [0.25, 0.3) is 0 Å². The molecule has 1 heterocycles. The van der Waals surface area contributed by atoms with Crippen molar-refractivity contribution < 1.29 is 24.5 Å². The van der Waals surface area contributed by atoms with Gasteiger partial charge in [0.1, 0.15) is 11.2 Å². The van der Waals surface area contributed by atoms with Gasteiger partial charge in [0.25, 0.3) is 0 Å². The summed E-state index contributed by atoms with van der Waals surface area (Å²) in [6, 6.07) is 1.48. The molecule has 1 aliphatic heterocycles. The minimum absolute atomic E-state index is 0.0942. The number of phenols is 1. The number of hydrogen-bond acceptors (Lipinski definition) is 4. The van der Waals surface area contributed by atoms with Crippen LogP contribution >= 0.6 is 11.6 Å². The lowest BCUT2D eigenvalue weighted by molar-refractivity contribution is -0.147. The molecule has 2 N–H and O–H groups in total. The Bertz CT molecular complexity index is 565. The lowest BCUT2D eigenvalue weighted by atomic mass is 9.64. The second kappa shape index (κ2) is 4.74. The van der Waals surface area contributed by atoms with E-state index in [1.54, 1.807) is 0 Å². The fourth-order valence-corrected chi connectivity index (χ4v) is 3.00. The number of benzene rings is 1. The molecule has 0 radical (unpaired) electrons. The third-order valence-corrected chi connectivity index (χ3v) is 4.35. The molecule has 2 aliphatic rings. The summed E-state index contributed by atoms with van der Waals surface area (Å²) in [4.78, 5) is 11.7. The van der Waals surface area contributed by atoms with E-state index >= 15 is 0 Å². The van der Waals surface area contributed by atoms with E-state index in [1.807, 2.05) is 0 Å². The second-order valence-electron chi connectivity index (χ2n) is 5.20. The van der Waals surface area contributed by atoms with Crippen LogP contribution in [0, 0.1) is 0 Å². The number of halogens is 1. The zero-order chi connectivity index (χ0) is 14.3. The van der Waals surface area contributed by atoms with E-state index in [1.165, 1.54) is 6.07 Å². The predicted molar refractivity (Wildman–Crippen MR) is 71.9 cm³/mol. The molecule has 0 aromatic heterocycles. The van der Waals surface area contributed by atoms with Gasteiger partial charge in [-0.3, -0.25) is 4.79 Å².